The summed E-state index contributed by atoms with van der Waals surface area (Å²) in [4.78, 5) is 36.7. The fourth-order valence-electron chi connectivity index (χ4n) is 6.07. The van der Waals surface area contributed by atoms with Crippen molar-refractivity contribution < 1.29 is 53.8 Å². The van der Waals surface area contributed by atoms with Gasteiger partial charge in [-0.3, -0.25) is 9.59 Å². The van der Waals surface area contributed by atoms with E-state index >= 15 is 0 Å². The van der Waals surface area contributed by atoms with Gasteiger partial charge < -0.3 is 39.4 Å². The largest absolute Gasteiger partial charge is 0.479 e. The molecule has 0 saturated carbocycles. The summed E-state index contributed by atoms with van der Waals surface area (Å²) in [6.07, 6.45) is 33.0. The number of hydrogen-bond acceptors (Lipinski definition) is 10. The van der Waals surface area contributed by atoms with Gasteiger partial charge in [-0.2, -0.15) is 0 Å². The van der Waals surface area contributed by atoms with E-state index in [0.717, 1.165) is 44.9 Å². The zero-order chi connectivity index (χ0) is 41.1. The van der Waals surface area contributed by atoms with Crippen molar-refractivity contribution in [1.82, 2.24) is 0 Å². The quantitative estimate of drug-likeness (QED) is 0.0279. The van der Waals surface area contributed by atoms with Crippen LogP contribution < -0.4 is 0 Å². The lowest BCUT2D eigenvalue weighted by atomic mass is 9.99. The number of aliphatic carboxylic acids is 1. The average molecular weight is 791 g/mol. The molecule has 11 nitrogen and oxygen atoms in total. The van der Waals surface area contributed by atoms with Gasteiger partial charge in [0, 0.05) is 6.42 Å². The van der Waals surface area contributed by atoms with E-state index in [1.54, 1.807) is 6.08 Å². The van der Waals surface area contributed by atoms with Crippen molar-refractivity contribution >= 4 is 17.9 Å². The number of hydrogen-bond donors (Lipinski definition) is 4. The Kier molecular flexibility index (Phi) is 31.9. The average Bonchev–Trinajstić information content (AvgIpc) is 3.18. The number of carbonyl (C=O) groups is 3. The molecule has 1 aliphatic rings. The monoisotopic (exact) mass is 791 g/mol. The minimum Gasteiger partial charge on any atom is -0.479 e. The van der Waals surface area contributed by atoms with Gasteiger partial charge in [0.2, 0.25) is 0 Å². The van der Waals surface area contributed by atoms with Crippen LogP contribution in [0.1, 0.15) is 155 Å². The molecular formula is C45H74O11. The molecule has 0 bridgehead atoms. The molecule has 1 fully saturated rings. The Balaban J connectivity index is 2.46. The van der Waals surface area contributed by atoms with Crippen molar-refractivity contribution in [3.8, 4) is 0 Å². The van der Waals surface area contributed by atoms with Crippen molar-refractivity contribution in [2.24, 2.45) is 0 Å². The van der Waals surface area contributed by atoms with Gasteiger partial charge in [0.1, 0.15) is 24.9 Å². The number of carboxylic acid groups (broad SMARTS) is 1. The number of carbonyl (C=O) groups excluding carboxylic acids is 2. The SMILES string of the molecule is CC/C=C\C/C=C\C/C=C\C/C=C\C/C=C\CC(=O)OCC(COC1OC(C(=O)O)C(O)C(O)C1O)OC(=O)CCCCCCCCCCCCCCCCC. The molecule has 4 N–H and O–H groups in total. The highest BCUT2D eigenvalue weighted by atomic mass is 16.7. The van der Waals surface area contributed by atoms with Crippen LogP contribution in [0.15, 0.2) is 60.8 Å². The molecule has 0 aromatic carbocycles. The topological polar surface area (TPSA) is 169 Å². The summed E-state index contributed by atoms with van der Waals surface area (Å²) in [5.41, 5.74) is 0. The first-order chi connectivity index (χ1) is 27.2. The molecule has 56 heavy (non-hydrogen) atoms. The Labute approximate surface area is 336 Å². The zero-order valence-corrected chi connectivity index (χ0v) is 34.4. The smallest absolute Gasteiger partial charge is 0.335 e. The molecular weight excluding hydrogens is 716 g/mol. The molecule has 1 heterocycles. The lowest BCUT2D eigenvalue weighted by molar-refractivity contribution is -0.298. The number of aliphatic hydroxyl groups excluding tert-OH is 3. The Morgan fingerprint density at radius 1 is 0.571 bits per heavy atom. The van der Waals surface area contributed by atoms with Crippen molar-refractivity contribution in [2.75, 3.05) is 13.2 Å². The van der Waals surface area contributed by atoms with E-state index in [9.17, 15) is 34.8 Å². The van der Waals surface area contributed by atoms with Crippen LogP contribution in [-0.4, -0.2) is 88.4 Å². The van der Waals surface area contributed by atoms with Crippen molar-refractivity contribution in [3.63, 3.8) is 0 Å². The van der Waals surface area contributed by atoms with Crippen molar-refractivity contribution in [3.05, 3.63) is 60.8 Å². The Morgan fingerprint density at radius 2 is 1.04 bits per heavy atom. The lowest BCUT2D eigenvalue weighted by Crippen LogP contribution is -2.60. The van der Waals surface area contributed by atoms with Gasteiger partial charge in [0.15, 0.2) is 18.5 Å². The molecule has 320 valence electrons. The highest BCUT2D eigenvalue weighted by Crippen LogP contribution is 2.23. The van der Waals surface area contributed by atoms with Gasteiger partial charge in [-0.1, -0.05) is 164 Å². The standard InChI is InChI=1S/C45H74O11/c1-3-5-7-9-11-13-15-17-19-21-23-25-27-29-31-33-38(46)53-35-37(36-54-45-42(50)40(48)41(49)43(56-45)44(51)52)55-39(47)34-32-30-28-26-24-22-20-18-16-14-12-10-8-6-4-2/h5,7,11,13,17,19,23,25,29,31,37,40-43,45,48-50H,3-4,6,8-10,12,14-16,18,20-22,24,26-28,30,32-36H2,1-2H3,(H,51,52)/b7-5-,13-11-,19-17-,25-23-,31-29-. The third-order valence-corrected chi connectivity index (χ3v) is 9.41. The zero-order valence-electron chi connectivity index (χ0n) is 34.4. The summed E-state index contributed by atoms with van der Waals surface area (Å²) >= 11 is 0. The van der Waals surface area contributed by atoms with Crippen LogP contribution in [-0.2, 0) is 33.3 Å². The number of rotatable bonds is 34. The van der Waals surface area contributed by atoms with Gasteiger partial charge in [0.05, 0.1) is 13.0 Å². The molecule has 11 heteroatoms. The summed E-state index contributed by atoms with van der Waals surface area (Å²) in [5, 5.41) is 39.7. The summed E-state index contributed by atoms with van der Waals surface area (Å²) in [6.45, 7) is 3.60. The Bertz CT molecular complexity index is 1160. The van der Waals surface area contributed by atoms with Crippen LogP contribution in [0.3, 0.4) is 0 Å². The van der Waals surface area contributed by atoms with Gasteiger partial charge in [0.25, 0.3) is 0 Å². The van der Waals surface area contributed by atoms with Crippen LogP contribution in [0, 0.1) is 0 Å². The molecule has 1 rings (SSSR count). The number of unbranched alkanes of at least 4 members (excludes halogenated alkanes) is 14. The molecule has 1 aliphatic heterocycles. The second-order valence-corrected chi connectivity index (χ2v) is 14.5. The number of allylic oxidation sites excluding steroid dienone is 9. The normalized spacial score (nSPS) is 20.9. The van der Waals surface area contributed by atoms with Gasteiger partial charge >= 0.3 is 17.9 Å². The predicted molar refractivity (Wildman–Crippen MR) is 220 cm³/mol. The van der Waals surface area contributed by atoms with E-state index in [4.69, 9.17) is 18.9 Å². The van der Waals surface area contributed by atoms with E-state index in [2.05, 4.69) is 56.4 Å². The molecule has 6 unspecified atom stereocenters. The minimum atomic E-state index is -1.87. The van der Waals surface area contributed by atoms with E-state index in [1.165, 1.54) is 70.6 Å². The molecule has 0 aliphatic carbocycles. The minimum absolute atomic E-state index is 0.00297. The number of ether oxygens (including phenoxy) is 4. The second-order valence-electron chi connectivity index (χ2n) is 14.5. The summed E-state index contributed by atoms with van der Waals surface area (Å²) in [7, 11) is 0. The van der Waals surface area contributed by atoms with E-state index in [0.29, 0.717) is 12.8 Å². The third-order valence-electron chi connectivity index (χ3n) is 9.41. The summed E-state index contributed by atoms with van der Waals surface area (Å²) in [5.74, 6) is -2.60. The third kappa shape index (κ3) is 26.7. The predicted octanol–water partition coefficient (Wildman–Crippen LogP) is 8.75. The van der Waals surface area contributed by atoms with E-state index < -0.39 is 61.3 Å². The molecule has 0 aromatic rings. The molecule has 0 radical (unpaired) electrons. The highest BCUT2D eigenvalue weighted by Gasteiger charge is 2.47. The van der Waals surface area contributed by atoms with Crippen molar-refractivity contribution in [1.29, 1.82) is 0 Å². The maximum Gasteiger partial charge on any atom is 0.335 e. The summed E-state index contributed by atoms with van der Waals surface area (Å²) < 4.78 is 21.6. The molecule has 1 saturated heterocycles. The van der Waals surface area contributed by atoms with Crippen molar-refractivity contribution in [2.45, 2.75) is 192 Å². The number of esters is 2. The van der Waals surface area contributed by atoms with Gasteiger partial charge in [-0.15, -0.1) is 0 Å². The first kappa shape index (κ1) is 50.9. The van der Waals surface area contributed by atoms with Gasteiger partial charge in [-0.05, 0) is 38.5 Å². The first-order valence-corrected chi connectivity index (χ1v) is 21.3. The molecule has 0 spiro atoms. The van der Waals surface area contributed by atoms with Crippen LogP contribution in [0.5, 0.6) is 0 Å². The second kappa shape index (κ2) is 35.1. The van der Waals surface area contributed by atoms with Crippen LogP contribution in [0.2, 0.25) is 0 Å². The van der Waals surface area contributed by atoms with E-state index in [-0.39, 0.29) is 19.4 Å². The van der Waals surface area contributed by atoms with Crippen LogP contribution in [0.25, 0.3) is 0 Å². The molecule has 6 atom stereocenters. The fourth-order valence-corrected chi connectivity index (χ4v) is 6.07. The van der Waals surface area contributed by atoms with Crippen LogP contribution in [0.4, 0.5) is 0 Å². The maximum atomic E-state index is 12.7. The number of aliphatic hydroxyl groups is 3. The Morgan fingerprint density at radius 3 is 1.52 bits per heavy atom. The Hall–Kier alpha value is -3.09. The van der Waals surface area contributed by atoms with Gasteiger partial charge in [-0.25, -0.2) is 4.79 Å². The first-order valence-electron chi connectivity index (χ1n) is 21.3. The molecule has 0 amide bonds. The fraction of sp³-hybridized carbons (Fsp3) is 0.711. The number of carboxylic acids is 1. The maximum absolute atomic E-state index is 12.7. The molecule has 0 aromatic heterocycles. The lowest BCUT2D eigenvalue weighted by Gasteiger charge is -2.38. The van der Waals surface area contributed by atoms with E-state index in [1.807, 2.05) is 12.2 Å². The highest BCUT2D eigenvalue weighted by molar-refractivity contribution is 5.73. The summed E-state index contributed by atoms with van der Waals surface area (Å²) in [6, 6.07) is 0. The van der Waals surface area contributed by atoms with Crippen LogP contribution >= 0.6 is 0 Å².